The Balaban J connectivity index is 4.31. The first-order valence-electron chi connectivity index (χ1n) is 14.1. The zero-order chi connectivity index (χ0) is 31.3. The lowest BCUT2D eigenvalue weighted by atomic mass is 10.2. The minimum absolute atomic E-state index is 0.146. The van der Waals surface area contributed by atoms with Crippen LogP contribution in [0.4, 0.5) is 0 Å². The van der Waals surface area contributed by atoms with Crippen LogP contribution in [0.1, 0.15) is 58.3 Å². The Bertz CT molecular complexity index is 988. The fourth-order valence-corrected chi connectivity index (χ4v) is 3.10. The number of carbonyl (C=O) groups excluding carboxylic acids is 3. The molecule has 0 heterocycles. The van der Waals surface area contributed by atoms with Crippen LogP contribution < -0.4 is 10.6 Å². The maximum atomic E-state index is 12.3. The summed E-state index contributed by atoms with van der Waals surface area (Å²) in [5.41, 5.74) is 0. The number of aliphatic hydroxyl groups excluding tert-OH is 2. The molecule has 0 saturated carbocycles. The van der Waals surface area contributed by atoms with Gasteiger partial charge in [0, 0.05) is 25.1 Å². The molecule has 0 aromatic heterocycles. The van der Waals surface area contributed by atoms with Gasteiger partial charge >= 0.3 is 11.9 Å². The summed E-state index contributed by atoms with van der Waals surface area (Å²) in [4.78, 5) is 47.0. The van der Waals surface area contributed by atoms with E-state index in [2.05, 4.69) is 72.2 Å². The molecule has 0 aliphatic rings. The number of ether oxygens (including phenoxy) is 1. The van der Waals surface area contributed by atoms with Gasteiger partial charge in [-0.25, -0.2) is 9.59 Å². The van der Waals surface area contributed by atoms with Gasteiger partial charge < -0.3 is 30.7 Å². The van der Waals surface area contributed by atoms with Gasteiger partial charge in [-0.2, -0.15) is 0 Å². The van der Waals surface area contributed by atoms with Crippen LogP contribution in [0.2, 0.25) is 0 Å². The molecule has 5 N–H and O–H groups in total. The lowest BCUT2D eigenvalue weighted by Crippen LogP contribution is -2.50. The molecule has 2 amide bonds. The second-order valence-electron chi connectivity index (χ2n) is 8.91. The summed E-state index contributed by atoms with van der Waals surface area (Å²) in [5, 5.41) is 31.6. The Morgan fingerprint density at radius 1 is 0.714 bits per heavy atom. The Labute approximate surface area is 248 Å². The van der Waals surface area contributed by atoms with Crippen molar-refractivity contribution < 1.29 is 39.2 Å². The number of hydrogen-bond donors (Lipinski definition) is 5. The monoisotopic (exact) mass is 586 g/mol. The number of amides is 2. The van der Waals surface area contributed by atoms with E-state index in [0.29, 0.717) is 18.6 Å². The second kappa shape index (κ2) is 27.2. The number of carboxylic acids is 1. The molecule has 0 bridgehead atoms. The number of aliphatic hydroxyl groups is 2. The fraction of sp³-hybridized carbons (Fsp3) is 0.438. The van der Waals surface area contributed by atoms with E-state index < -0.39 is 43.2 Å². The van der Waals surface area contributed by atoms with E-state index in [-0.39, 0.29) is 18.9 Å². The highest BCUT2D eigenvalue weighted by Crippen LogP contribution is 2.00. The number of rotatable bonds is 23. The molecule has 0 fully saturated rings. The fourth-order valence-electron chi connectivity index (χ4n) is 3.10. The van der Waals surface area contributed by atoms with Gasteiger partial charge in [0.15, 0.2) is 0 Å². The maximum Gasteiger partial charge on any atom is 0.330 e. The van der Waals surface area contributed by atoms with E-state index in [1.165, 1.54) is 0 Å². The maximum absolute atomic E-state index is 12.3. The summed E-state index contributed by atoms with van der Waals surface area (Å²) in [6.07, 6.45) is 31.3. The normalized spacial score (nSPS) is 13.1. The van der Waals surface area contributed by atoms with Crippen LogP contribution >= 0.6 is 0 Å². The number of hydrogen-bond acceptors (Lipinski definition) is 7. The van der Waals surface area contributed by atoms with Crippen LogP contribution in [0, 0.1) is 0 Å². The number of allylic oxidation sites excluding steroid dienone is 12. The summed E-state index contributed by atoms with van der Waals surface area (Å²) < 4.78 is 4.90. The van der Waals surface area contributed by atoms with E-state index in [1.807, 2.05) is 18.2 Å². The number of carboxylic acid groups (broad SMARTS) is 1. The van der Waals surface area contributed by atoms with E-state index in [0.717, 1.165) is 38.5 Å². The van der Waals surface area contributed by atoms with E-state index in [4.69, 9.17) is 20.1 Å². The van der Waals surface area contributed by atoms with Crippen molar-refractivity contribution in [3.63, 3.8) is 0 Å². The molecule has 0 rings (SSSR count). The third-order valence-corrected chi connectivity index (χ3v) is 5.31. The van der Waals surface area contributed by atoms with Crippen molar-refractivity contribution in [2.75, 3.05) is 19.8 Å². The molecule has 232 valence electrons. The van der Waals surface area contributed by atoms with Crippen LogP contribution in [0.3, 0.4) is 0 Å². The predicted octanol–water partition coefficient (Wildman–Crippen LogP) is 3.60. The lowest BCUT2D eigenvalue weighted by Gasteiger charge is -2.20. The topological polar surface area (TPSA) is 162 Å². The highest BCUT2D eigenvalue weighted by molar-refractivity contribution is 5.96. The average Bonchev–Trinajstić information content (AvgIpc) is 2.97. The molecule has 10 nitrogen and oxygen atoms in total. The summed E-state index contributed by atoms with van der Waals surface area (Å²) >= 11 is 0. The first-order chi connectivity index (χ1) is 20.3. The van der Waals surface area contributed by atoms with E-state index >= 15 is 0 Å². The highest BCUT2D eigenvalue weighted by atomic mass is 16.6. The second-order valence-corrected chi connectivity index (χ2v) is 8.91. The Morgan fingerprint density at radius 3 is 1.64 bits per heavy atom. The van der Waals surface area contributed by atoms with Crippen molar-refractivity contribution in [1.82, 2.24) is 10.6 Å². The molecule has 0 radical (unpaired) electrons. The van der Waals surface area contributed by atoms with Crippen LogP contribution in [0.15, 0.2) is 85.1 Å². The zero-order valence-corrected chi connectivity index (χ0v) is 24.4. The number of aliphatic carboxylic acids is 1. The highest BCUT2D eigenvalue weighted by Gasteiger charge is 2.25. The quantitative estimate of drug-likeness (QED) is 0.0689. The molecule has 0 saturated heterocycles. The van der Waals surface area contributed by atoms with E-state index in [9.17, 15) is 19.2 Å². The Morgan fingerprint density at radius 2 is 1.19 bits per heavy atom. The van der Waals surface area contributed by atoms with Gasteiger partial charge in [0.1, 0.15) is 12.1 Å². The van der Waals surface area contributed by atoms with Crippen LogP contribution in [-0.2, 0) is 23.9 Å². The van der Waals surface area contributed by atoms with Crippen molar-refractivity contribution in [1.29, 1.82) is 0 Å². The van der Waals surface area contributed by atoms with Gasteiger partial charge in [-0.15, -0.1) is 0 Å². The molecule has 0 aromatic rings. The average molecular weight is 587 g/mol. The smallest absolute Gasteiger partial charge is 0.330 e. The largest absolute Gasteiger partial charge is 0.478 e. The van der Waals surface area contributed by atoms with Crippen LogP contribution in [-0.4, -0.2) is 71.0 Å². The van der Waals surface area contributed by atoms with Gasteiger partial charge in [-0.05, 0) is 44.9 Å². The molecule has 0 spiro atoms. The van der Waals surface area contributed by atoms with Crippen LogP contribution in [0.25, 0.3) is 0 Å². The summed E-state index contributed by atoms with van der Waals surface area (Å²) in [6, 6.07) is -1.36. The van der Waals surface area contributed by atoms with Gasteiger partial charge in [-0.3, -0.25) is 9.59 Å². The zero-order valence-electron chi connectivity index (χ0n) is 24.4. The molecule has 42 heavy (non-hydrogen) atoms. The molecule has 1 atom stereocenters. The molecule has 1 unspecified atom stereocenters. The van der Waals surface area contributed by atoms with Gasteiger partial charge in [0.25, 0.3) is 0 Å². The first-order valence-corrected chi connectivity index (χ1v) is 14.1. The third-order valence-electron chi connectivity index (χ3n) is 5.31. The van der Waals surface area contributed by atoms with Crippen LogP contribution in [0.5, 0.6) is 0 Å². The van der Waals surface area contributed by atoms with Gasteiger partial charge in [0.05, 0.1) is 13.2 Å². The summed E-state index contributed by atoms with van der Waals surface area (Å²) in [7, 11) is 0. The number of carbonyl (C=O) groups is 4. The molecule has 0 aliphatic carbocycles. The predicted molar refractivity (Wildman–Crippen MR) is 163 cm³/mol. The number of nitrogens with one attached hydrogen (secondary N) is 2. The summed E-state index contributed by atoms with van der Waals surface area (Å²) in [5.74, 6) is -3.62. The van der Waals surface area contributed by atoms with Crippen molar-refractivity contribution in [3.05, 3.63) is 85.1 Å². The minimum atomic E-state index is -1.36. The van der Waals surface area contributed by atoms with Gasteiger partial charge in [-0.1, -0.05) is 79.8 Å². The third kappa shape index (κ3) is 23.8. The van der Waals surface area contributed by atoms with Gasteiger partial charge in [0.2, 0.25) is 11.8 Å². The summed E-state index contributed by atoms with van der Waals surface area (Å²) in [6.45, 7) is 0.526. The van der Waals surface area contributed by atoms with Crippen molar-refractivity contribution in [3.8, 4) is 0 Å². The molecular weight excluding hydrogens is 540 g/mol. The molecular formula is C32H46N2O8. The molecule has 0 aromatic carbocycles. The lowest BCUT2D eigenvalue weighted by molar-refractivity contribution is -0.156. The van der Waals surface area contributed by atoms with E-state index in [1.54, 1.807) is 0 Å². The Hall–Kier alpha value is -4.02. The van der Waals surface area contributed by atoms with Crippen molar-refractivity contribution >= 4 is 23.8 Å². The number of esters is 1. The minimum Gasteiger partial charge on any atom is -0.478 e. The Kier molecular flexibility index (Phi) is 24.6. The molecule has 0 aliphatic heterocycles. The standard InChI is InChI=1S/C32H46N2O8/c1-2-3-4-5-6-7-8-9-10-11-12-13-14-15-16-17-18-19-20-21-29(37)33-24-28(32(41)42-27(25-35)26-36)34-30(38)22-23-31(39)40/h3-4,6-7,9-10,12-13,15-16,18-19,22-23,27-28,35-36H,2,5,8,11,14,17,20-21,24-26H2,1H3,(H,33,37)(H,34,38)(H,39,40). The van der Waals surface area contributed by atoms with Crippen molar-refractivity contribution in [2.45, 2.75) is 70.4 Å². The molecule has 10 heteroatoms. The first kappa shape index (κ1) is 38.0. The SMILES string of the molecule is CCC=CCC=CCC=CCC=CCC=CCC=CCCC(=O)NCC(NC(=O)C=CC(=O)O)C(=O)OC(CO)CO. The van der Waals surface area contributed by atoms with Crippen molar-refractivity contribution in [2.24, 2.45) is 0 Å².